The maximum Gasteiger partial charge on any atom is 0.137 e. The highest BCUT2D eigenvalue weighted by molar-refractivity contribution is 7.10. The van der Waals surface area contributed by atoms with Crippen molar-refractivity contribution < 1.29 is 0 Å². The van der Waals surface area contributed by atoms with Crippen LogP contribution in [-0.2, 0) is 6.42 Å². The third-order valence-electron chi connectivity index (χ3n) is 4.77. The monoisotopic (exact) mass is 340 g/mol. The van der Waals surface area contributed by atoms with E-state index < -0.39 is 0 Å². The molecule has 3 aromatic heterocycles. The molecule has 0 saturated carbocycles. The summed E-state index contributed by atoms with van der Waals surface area (Å²) >= 11 is 1.80. The second-order valence-electron chi connectivity index (χ2n) is 7.36. The van der Waals surface area contributed by atoms with Gasteiger partial charge in [0.1, 0.15) is 5.65 Å². The zero-order valence-corrected chi connectivity index (χ0v) is 15.4. The van der Waals surface area contributed by atoms with Crippen molar-refractivity contribution in [2.45, 2.75) is 32.6 Å². The summed E-state index contributed by atoms with van der Waals surface area (Å²) in [4.78, 5) is 15.2. The van der Waals surface area contributed by atoms with Crippen molar-refractivity contribution in [3.05, 3.63) is 34.4 Å². The van der Waals surface area contributed by atoms with Crippen LogP contribution in [0.3, 0.4) is 0 Å². The van der Waals surface area contributed by atoms with Crippen LogP contribution in [0, 0.1) is 5.92 Å². The molecule has 1 aliphatic heterocycles. The predicted molar refractivity (Wildman–Crippen MR) is 101 cm³/mol. The minimum absolute atomic E-state index is 0.591. The van der Waals surface area contributed by atoms with Crippen molar-refractivity contribution in [3.63, 3.8) is 0 Å². The number of likely N-dealkylation sites (N-methyl/N-ethyl adjacent to an activating group) is 1. The van der Waals surface area contributed by atoms with E-state index in [0.717, 1.165) is 24.3 Å². The first-order valence-electron chi connectivity index (χ1n) is 8.70. The molecular formula is C19H24N4S. The summed E-state index contributed by atoms with van der Waals surface area (Å²) in [7, 11) is 2.19. The Hall–Kier alpha value is -1.72. The fraction of sp³-hybridized carbons (Fsp3) is 0.474. The molecule has 1 atom stereocenters. The van der Waals surface area contributed by atoms with Gasteiger partial charge in [-0.2, -0.15) is 0 Å². The maximum atomic E-state index is 4.95. The molecule has 4 heterocycles. The first-order chi connectivity index (χ1) is 11.6. The van der Waals surface area contributed by atoms with E-state index in [0.29, 0.717) is 11.8 Å². The van der Waals surface area contributed by atoms with Gasteiger partial charge in [-0.1, -0.05) is 13.8 Å². The third kappa shape index (κ3) is 2.98. The lowest BCUT2D eigenvalue weighted by Crippen LogP contribution is -2.13. The number of hydrogen-bond acceptors (Lipinski definition) is 4. The van der Waals surface area contributed by atoms with Gasteiger partial charge < -0.3 is 9.88 Å². The molecule has 0 aromatic carbocycles. The lowest BCUT2D eigenvalue weighted by molar-refractivity contribution is 0.411. The second-order valence-corrected chi connectivity index (χ2v) is 8.25. The van der Waals surface area contributed by atoms with Crippen molar-refractivity contribution in [3.8, 4) is 11.3 Å². The van der Waals surface area contributed by atoms with E-state index in [1.165, 1.54) is 34.5 Å². The van der Waals surface area contributed by atoms with E-state index >= 15 is 0 Å². The second kappa shape index (κ2) is 6.30. The fourth-order valence-corrected chi connectivity index (χ4v) is 4.52. The number of H-pyrrole nitrogens is 1. The van der Waals surface area contributed by atoms with Gasteiger partial charge in [-0.25, -0.2) is 9.97 Å². The Kier molecular flexibility index (Phi) is 4.14. The van der Waals surface area contributed by atoms with Gasteiger partial charge >= 0.3 is 0 Å². The Morgan fingerprint density at radius 3 is 3.04 bits per heavy atom. The summed E-state index contributed by atoms with van der Waals surface area (Å²) in [5, 5.41) is 4.66. The molecule has 3 aromatic rings. The summed E-state index contributed by atoms with van der Waals surface area (Å²) in [6, 6.07) is 2.27. The average molecular weight is 340 g/mol. The molecule has 0 bridgehead atoms. The van der Waals surface area contributed by atoms with Gasteiger partial charge in [-0.05, 0) is 44.0 Å². The number of pyridine rings is 1. The molecular weight excluding hydrogens is 316 g/mol. The molecule has 4 nitrogen and oxygen atoms in total. The highest BCUT2D eigenvalue weighted by atomic mass is 32.1. The average Bonchev–Trinajstić information content (AvgIpc) is 3.24. The summed E-state index contributed by atoms with van der Waals surface area (Å²) < 4.78 is 0. The normalized spacial score (nSPS) is 18.9. The van der Waals surface area contributed by atoms with Crippen molar-refractivity contribution in [1.29, 1.82) is 0 Å². The number of hydrogen-bond donors (Lipinski definition) is 1. The van der Waals surface area contributed by atoms with Crippen LogP contribution in [0.1, 0.15) is 36.8 Å². The van der Waals surface area contributed by atoms with Gasteiger partial charge in [0.05, 0.1) is 10.7 Å². The molecule has 1 unspecified atom stereocenters. The van der Waals surface area contributed by atoms with Gasteiger partial charge in [0, 0.05) is 41.2 Å². The molecule has 1 fully saturated rings. The van der Waals surface area contributed by atoms with E-state index in [-0.39, 0.29) is 0 Å². The Morgan fingerprint density at radius 1 is 1.42 bits per heavy atom. The number of thiazole rings is 1. The lowest BCUT2D eigenvalue weighted by Gasteiger charge is -2.06. The van der Waals surface area contributed by atoms with Gasteiger partial charge in [-0.3, -0.25) is 0 Å². The van der Waals surface area contributed by atoms with Crippen LogP contribution in [0.15, 0.2) is 23.8 Å². The third-order valence-corrected chi connectivity index (χ3v) is 5.78. The highest BCUT2D eigenvalue weighted by Gasteiger charge is 2.24. The zero-order chi connectivity index (χ0) is 16.7. The molecule has 5 heteroatoms. The molecule has 0 spiro atoms. The number of rotatable bonds is 4. The van der Waals surface area contributed by atoms with Crippen LogP contribution in [0.5, 0.6) is 0 Å². The molecule has 1 saturated heterocycles. The highest BCUT2D eigenvalue weighted by Crippen LogP contribution is 2.34. The topological polar surface area (TPSA) is 44.8 Å². The summed E-state index contributed by atoms with van der Waals surface area (Å²) in [6.45, 7) is 6.79. The van der Waals surface area contributed by atoms with Crippen LogP contribution in [0.4, 0.5) is 0 Å². The number of aromatic nitrogens is 3. The first kappa shape index (κ1) is 15.8. The standard InChI is InChI=1S/C19H24N4S/c1-12(2)6-13-7-15-16(9-21-18(15)20-8-13)17-11-24-19(22-17)14-4-5-23(3)10-14/h7-9,11-12,14H,4-6,10H2,1-3H3,(H,20,21). The van der Waals surface area contributed by atoms with E-state index in [4.69, 9.17) is 4.98 Å². The molecule has 1 N–H and O–H groups in total. The number of nitrogens with one attached hydrogen (secondary N) is 1. The first-order valence-corrected chi connectivity index (χ1v) is 9.58. The largest absolute Gasteiger partial charge is 0.345 e. The SMILES string of the molecule is CC(C)Cc1cnc2[nH]cc(-c3csc(C4CCN(C)C4)n3)c2c1. The van der Waals surface area contributed by atoms with Gasteiger partial charge in [-0.15, -0.1) is 11.3 Å². The fourth-order valence-electron chi connectivity index (χ4n) is 3.58. The Labute approximate surface area is 146 Å². The Morgan fingerprint density at radius 2 is 2.29 bits per heavy atom. The molecule has 24 heavy (non-hydrogen) atoms. The van der Waals surface area contributed by atoms with E-state index in [2.05, 4.69) is 53.4 Å². The maximum absolute atomic E-state index is 4.95. The van der Waals surface area contributed by atoms with Crippen LogP contribution in [0.2, 0.25) is 0 Å². The summed E-state index contributed by atoms with van der Waals surface area (Å²) in [5.74, 6) is 1.23. The van der Waals surface area contributed by atoms with Crippen molar-refractivity contribution in [1.82, 2.24) is 19.9 Å². The van der Waals surface area contributed by atoms with Crippen molar-refractivity contribution in [2.75, 3.05) is 20.1 Å². The van der Waals surface area contributed by atoms with Gasteiger partial charge in [0.25, 0.3) is 0 Å². The van der Waals surface area contributed by atoms with Gasteiger partial charge in [0.15, 0.2) is 0 Å². The number of aromatic amines is 1. The van der Waals surface area contributed by atoms with Crippen LogP contribution in [0.25, 0.3) is 22.3 Å². The Bertz CT molecular complexity index is 848. The quantitative estimate of drug-likeness (QED) is 0.770. The summed E-state index contributed by atoms with van der Waals surface area (Å²) in [6.07, 6.45) is 6.32. The molecule has 4 rings (SSSR count). The van der Waals surface area contributed by atoms with E-state index in [1.807, 2.05) is 6.20 Å². The molecule has 1 aliphatic rings. The molecule has 0 amide bonds. The van der Waals surface area contributed by atoms with Crippen LogP contribution >= 0.6 is 11.3 Å². The van der Waals surface area contributed by atoms with Gasteiger partial charge in [0.2, 0.25) is 0 Å². The lowest BCUT2D eigenvalue weighted by atomic mass is 10.0. The van der Waals surface area contributed by atoms with E-state index in [9.17, 15) is 0 Å². The molecule has 0 aliphatic carbocycles. The van der Waals surface area contributed by atoms with Crippen molar-refractivity contribution in [2.24, 2.45) is 5.92 Å². The predicted octanol–water partition coefficient (Wildman–Crippen LogP) is 4.30. The number of fused-ring (bicyclic) bond motifs is 1. The molecule has 0 radical (unpaired) electrons. The smallest absolute Gasteiger partial charge is 0.137 e. The number of likely N-dealkylation sites (tertiary alicyclic amines) is 1. The summed E-state index contributed by atoms with van der Waals surface area (Å²) in [5.41, 5.74) is 4.51. The Balaban J connectivity index is 1.67. The number of nitrogens with zero attached hydrogens (tertiary/aromatic N) is 3. The van der Waals surface area contributed by atoms with Crippen LogP contribution in [-0.4, -0.2) is 40.0 Å². The molecule has 126 valence electrons. The minimum atomic E-state index is 0.591. The zero-order valence-electron chi connectivity index (χ0n) is 14.5. The van der Waals surface area contributed by atoms with Crippen molar-refractivity contribution >= 4 is 22.4 Å². The van der Waals surface area contributed by atoms with Crippen LogP contribution < -0.4 is 0 Å². The minimum Gasteiger partial charge on any atom is -0.345 e. The van der Waals surface area contributed by atoms with E-state index in [1.54, 1.807) is 11.3 Å².